The Bertz CT molecular complexity index is 574. The maximum atomic E-state index is 11.6. The zero-order chi connectivity index (χ0) is 12.6. The molecule has 0 bridgehead atoms. The molecule has 1 heterocycles. The summed E-state index contributed by atoms with van der Waals surface area (Å²) in [5, 5.41) is 0. The van der Waals surface area contributed by atoms with Gasteiger partial charge in [0.1, 0.15) is 11.3 Å². The normalized spacial score (nSPS) is 14.0. The molecule has 0 N–H and O–H groups in total. The minimum absolute atomic E-state index is 0.113. The molecule has 0 spiro atoms. The molecular formula is C11H12O5S. The number of methoxy groups -OCH3 is 1. The first-order valence-corrected chi connectivity index (χ1v) is 6.90. The largest absolute Gasteiger partial charge is 0.492 e. The van der Waals surface area contributed by atoms with Crippen molar-refractivity contribution in [3.8, 4) is 5.75 Å². The van der Waals surface area contributed by atoms with E-state index in [9.17, 15) is 13.2 Å². The monoisotopic (exact) mass is 256 g/mol. The molecule has 1 aromatic carbocycles. The average Bonchev–Trinajstić information content (AvgIpc) is 2.73. The highest BCUT2D eigenvalue weighted by molar-refractivity contribution is 7.90. The van der Waals surface area contributed by atoms with Crippen molar-refractivity contribution >= 4 is 15.8 Å². The predicted molar refractivity (Wildman–Crippen MR) is 60.1 cm³/mol. The number of benzene rings is 1. The summed E-state index contributed by atoms with van der Waals surface area (Å²) in [6.07, 6.45) is 1.70. The standard InChI is InChI=1S/C11H12O5S/c1-15-11(12)9-6-8(17(2,13)14)5-7-3-4-16-10(7)9/h5-6H,3-4H2,1-2H3. The molecule has 5 nitrogen and oxygen atoms in total. The number of esters is 1. The van der Waals surface area contributed by atoms with Crippen LogP contribution in [-0.4, -0.2) is 34.4 Å². The second-order valence-electron chi connectivity index (χ2n) is 3.82. The van der Waals surface area contributed by atoms with Crippen LogP contribution in [0.1, 0.15) is 15.9 Å². The summed E-state index contributed by atoms with van der Waals surface area (Å²) in [4.78, 5) is 11.7. The molecule has 0 saturated heterocycles. The molecule has 17 heavy (non-hydrogen) atoms. The molecule has 92 valence electrons. The highest BCUT2D eigenvalue weighted by Gasteiger charge is 2.25. The highest BCUT2D eigenvalue weighted by Crippen LogP contribution is 2.32. The van der Waals surface area contributed by atoms with Crippen molar-refractivity contribution in [2.24, 2.45) is 0 Å². The van der Waals surface area contributed by atoms with Crippen LogP contribution in [0.4, 0.5) is 0 Å². The summed E-state index contributed by atoms with van der Waals surface area (Å²) in [6.45, 7) is 0.451. The van der Waals surface area contributed by atoms with Crippen LogP contribution in [0.3, 0.4) is 0 Å². The van der Waals surface area contributed by atoms with E-state index in [1.807, 2.05) is 0 Å². The first-order valence-electron chi connectivity index (χ1n) is 5.01. The third kappa shape index (κ3) is 2.12. The molecule has 0 amide bonds. The maximum Gasteiger partial charge on any atom is 0.341 e. The Morgan fingerprint density at radius 2 is 2.12 bits per heavy atom. The Hall–Kier alpha value is -1.56. The number of fused-ring (bicyclic) bond motifs is 1. The Morgan fingerprint density at radius 1 is 1.41 bits per heavy atom. The first kappa shape index (κ1) is 11.9. The minimum atomic E-state index is -3.35. The molecule has 0 radical (unpaired) electrons. The smallest absolute Gasteiger partial charge is 0.341 e. The summed E-state index contributed by atoms with van der Waals surface area (Å²) in [6, 6.07) is 2.84. The molecule has 0 aliphatic carbocycles. The molecule has 1 aliphatic heterocycles. The molecule has 0 unspecified atom stereocenters. The van der Waals surface area contributed by atoms with Crippen LogP contribution in [0, 0.1) is 0 Å². The van der Waals surface area contributed by atoms with E-state index in [0.29, 0.717) is 18.8 Å². The van der Waals surface area contributed by atoms with E-state index in [-0.39, 0.29) is 10.5 Å². The van der Waals surface area contributed by atoms with Crippen LogP contribution in [0.25, 0.3) is 0 Å². The van der Waals surface area contributed by atoms with E-state index in [2.05, 4.69) is 4.74 Å². The Labute approximate surface area is 99.3 Å². The van der Waals surface area contributed by atoms with Crippen LogP contribution in [0.2, 0.25) is 0 Å². The third-order valence-corrected chi connectivity index (χ3v) is 3.68. The van der Waals surface area contributed by atoms with Crippen molar-refractivity contribution < 1.29 is 22.7 Å². The van der Waals surface area contributed by atoms with Crippen LogP contribution in [0.15, 0.2) is 17.0 Å². The zero-order valence-electron chi connectivity index (χ0n) is 9.52. The number of hydrogen-bond donors (Lipinski definition) is 0. The van der Waals surface area contributed by atoms with Gasteiger partial charge in [-0.05, 0) is 17.7 Å². The predicted octanol–water partition coefficient (Wildman–Crippen LogP) is 0.812. The number of carbonyl (C=O) groups excluding carboxylic acids is 1. The maximum absolute atomic E-state index is 11.6. The molecule has 0 atom stereocenters. The van der Waals surface area contributed by atoms with Crippen LogP contribution in [-0.2, 0) is 21.0 Å². The van der Waals surface area contributed by atoms with Gasteiger partial charge in [0.2, 0.25) is 0 Å². The van der Waals surface area contributed by atoms with E-state index in [1.54, 1.807) is 6.07 Å². The molecule has 6 heteroatoms. The van der Waals surface area contributed by atoms with Crippen molar-refractivity contribution in [1.29, 1.82) is 0 Å². The van der Waals surface area contributed by atoms with Gasteiger partial charge in [-0.2, -0.15) is 0 Å². The number of sulfone groups is 1. The van der Waals surface area contributed by atoms with Gasteiger partial charge in [0, 0.05) is 12.7 Å². The average molecular weight is 256 g/mol. The quantitative estimate of drug-likeness (QED) is 0.732. The van der Waals surface area contributed by atoms with Crippen LogP contribution < -0.4 is 4.74 Å². The molecule has 1 aromatic rings. The van der Waals surface area contributed by atoms with Crippen molar-refractivity contribution in [2.75, 3.05) is 20.0 Å². The van der Waals surface area contributed by atoms with Crippen molar-refractivity contribution in [3.05, 3.63) is 23.3 Å². The van der Waals surface area contributed by atoms with Crippen LogP contribution in [0.5, 0.6) is 5.75 Å². The van der Waals surface area contributed by atoms with E-state index in [4.69, 9.17) is 4.74 Å². The number of ether oxygens (including phenoxy) is 2. The lowest BCUT2D eigenvalue weighted by atomic mass is 10.1. The lowest BCUT2D eigenvalue weighted by Gasteiger charge is -2.08. The molecule has 0 fully saturated rings. The fraction of sp³-hybridized carbons (Fsp3) is 0.364. The van der Waals surface area contributed by atoms with Crippen molar-refractivity contribution in [2.45, 2.75) is 11.3 Å². The van der Waals surface area contributed by atoms with Gasteiger partial charge < -0.3 is 9.47 Å². The second-order valence-corrected chi connectivity index (χ2v) is 5.84. The van der Waals surface area contributed by atoms with Gasteiger partial charge in [-0.25, -0.2) is 13.2 Å². The molecule has 1 aliphatic rings. The Balaban J connectivity index is 2.66. The summed E-state index contributed by atoms with van der Waals surface area (Å²) >= 11 is 0. The van der Waals surface area contributed by atoms with Gasteiger partial charge in [0.15, 0.2) is 9.84 Å². The topological polar surface area (TPSA) is 69.7 Å². The number of carbonyl (C=O) groups is 1. The van der Waals surface area contributed by atoms with Crippen LogP contribution >= 0.6 is 0 Å². The Morgan fingerprint density at radius 3 is 2.71 bits per heavy atom. The highest BCUT2D eigenvalue weighted by atomic mass is 32.2. The van der Waals surface area contributed by atoms with Gasteiger partial charge in [-0.3, -0.25) is 0 Å². The lowest BCUT2D eigenvalue weighted by molar-refractivity contribution is 0.0596. The van der Waals surface area contributed by atoms with Gasteiger partial charge in [-0.1, -0.05) is 0 Å². The Kier molecular flexibility index (Phi) is 2.82. The van der Waals surface area contributed by atoms with E-state index < -0.39 is 15.8 Å². The molecular weight excluding hydrogens is 244 g/mol. The molecule has 0 saturated carbocycles. The number of hydrogen-bond acceptors (Lipinski definition) is 5. The zero-order valence-corrected chi connectivity index (χ0v) is 10.3. The van der Waals surface area contributed by atoms with E-state index >= 15 is 0 Å². The van der Waals surface area contributed by atoms with Gasteiger partial charge in [0.05, 0.1) is 18.6 Å². The van der Waals surface area contributed by atoms with Gasteiger partial charge >= 0.3 is 5.97 Å². The second kappa shape index (κ2) is 4.03. The van der Waals surface area contributed by atoms with Crippen molar-refractivity contribution in [3.63, 3.8) is 0 Å². The van der Waals surface area contributed by atoms with Gasteiger partial charge in [-0.15, -0.1) is 0 Å². The summed E-state index contributed by atoms with van der Waals surface area (Å²) in [5.41, 5.74) is 0.899. The SMILES string of the molecule is COC(=O)c1cc(S(C)(=O)=O)cc2c1OCC2. The third-order valence-electron chi connectivity index (χ3n) is 2.59. The number of rotatable bonds is 2. The molecule has 2 rings (SSSR count). The first-order chi connectivity index (χ1) is 7.93. The lowest BCUT2D eigenvalue weighted by Crippen LogP contribution is -2.07. The minimum Gasteiger partial charge on any atom is -0.492 e. The summed E-state index contributed by atoms with van der Waals surface area (Å²) < 4.78 is 32.9. The summed E-state index contributed by atoms with van der Waals surface area (Å²) in [7, 11) is -2.11. The van der Waals surface area contributed by atoms with E-state index in [1.165, 1.54) is 13.2 Å². The molecule has 0 aromatic heterocycles. The summed E-state index contributed by atoms with van der Waals surface area (Å²) in [5.74, 6) is -0.155. The fourth-order valence-electron chi connectivity index (χ4n) is 1.75. The fourth-order valence-corrected chi connectivity index (χ4v) is 2.44. The van der Waals surface area contributed by atoms with Gasteiger partial charge in [0.25, 0.3) is 0 Å². The van der Waals surface area contributed by atoms with Crippen molar-refractivity contribution in [1.82, 2.24) is 0 Å². The van der Waals surface area contributed by atoms with E-state index in [0.717, 1.165) is 11.8 Å².